The molecule has 0 radical (unpaired) electrons. The summed E-state index contributed by atoms with van der Waals surface area (Å²) < 4.78 is 22.6. The third-order valence-corrected chi connectivity index (χ3v) is 4.02. The van der Waals surface area contributed by atoms with Crippen LogP contribution in [0.15, 0.2) is 0 Å². The van der Waals surface area contributed by atoms with E-state index >= 15 is 0 Å². The summed E-state index contributed by atoms with van der Waals surface area (Å²) in [5.41, 5.74) is 0. The minimum atomic E-state index is -3.65. The summed E-state index contributed by atoms with van der Waals surface area (Å²) in [6, 6.07) is 0. The van der Waals surface area contributed by atoms with E-state index in [-0.39, 0.29) is 18.6 Å². The van der Waals surface area contributed by atoms with Crippen molar-refractivity contribution in [2.75, 3.05) is 11.5 Å². The number of hydroxylamine groups is 4. The van der Waals surface area contributed by atoms with Crippen LogP contribution in [0.4, 0.5) is 0 Å². The second kappa shape index (κ2) is 5.12. The minimum Gasteiger partial charge on any atom is -0.244 e. The van der Waals surface area contributed by atoms with E-state index in [1.807, 2.05) is 0 Å². The minimum absolute atomic E-state index is 0.213. The van der Waals surface area contributed by atoms with E-state index in [2.05, 4.69) is 4.84 Å². The summed E-state index contributed by atoms with van der Waals surface area (Å²) in [4.78, 5) is 35.9. The molecule has 1 saturated heterocycles. The van der Waals surface area contributed by atoms with Crippen molar-refractivity contribution in [3.05, 3.63) is 0 Å². The summed E-state index contributed by atoms with van der Waals surface area (Å²) in [5, 5.41) is 9.53. The van der Waals surface area contributed by atoms with Crippen molar-refractivity contribution in [3.63, 3.8) is 0 Å². The van der Waals surface area contributed by atoms with E-state index in [0.29, 0.717) is 6.42 Å². The fourth-order valence-electron chi connectivity index (χ4n) is 1.49. The Kier molecular flexibility index (Phi) is 4.20. The molecule has 0 spiro atoms. The maximum absolute atomic E-state index is 11.3. The topological polar surface area (TPSA) is 115 Å². The van der Waals surface area contributed by atoms with Crippen molar-refractivity contribution in [1.82, 2.24) is 0 Å². The Balaban J connectivity index is 2.71. The highest BCUT2D eigenvalue weighted by Crippen LogP contribution is 2.20. The maximum Gasteiger partial charge on any atom is 0.397 e. The van der Waals surface area contributed by atoms with Gasteiger partial charge in [0.25, 0.3) is 0 Å². The van der Waals surface area contributed by atoms with Crippen molar-refractivity contribution in [3.8, 4) is 0 Å². The average Bonchev–Trinajstić information content (AvgIpc) is 2.44. The van der Waals surface area contributed by atoms with Crippen molar-refractivity contribution < 1.29 is 37.7 Å². The first-order chi connectivity index (χ1) is 8.21. The molecule has 1 heterocycles. The van der Waals surface area contributed by atoms with Gasteiger partial charge in [0.2, 0.25) is 0 Å². The van der Waals surface area contributed by atoms with Gasteiger partial charge in [0.05, 0.1) is 18.6 Å². The quantitative estimate of drug-likeness (QED) is 0.403. The maximum atomic E-state index is 11.3. The average molecular weight is 280 g/mol. The van der Waals surface area contributed by atoms with Gasteiger partial charge in [-0.15, -0.1) is 0 Å². The van der Waals surface area contributed by atoms with Crippen molar-refractivity contribution in [2.45, 2.75) is 26.2 Å². The van der Waals surface area contributed by atoms with Crippen LogP contribution in [0, 0.1) is 0 Å². The van der Waals surface area contributed by atoms with Crippen LogP contribution >= 0.6 is 0 Å². The molecule has 2 amide bonds. The molecule has 1 aliphatic rings. The van der Waals surface area contributed by atoms with E-state index in [9.17, 15) is 28.0 Å². The number of carbonyl (C=O) groups is 3. The predicted molar refractivity (Wildman–Crippen MR) is 56.3 cm³/mol. The van der Waals surface area contributed by atoms with E-state index in [4.69, 9.17) is 0 Å². The standard InChI is InChI=1S/C9H14NO7S/c1-2-5-18(15,16)6-9(13)17-10(14)7(11)3-4-8(10)12/h14H,2-6H2,1H3/q+1. The molecular weight excluding hydrogens is 266 g/mol. The Morgan fingerprint density at radius 1 is 1.33 bits per heavy atom. The molecular formula is C9H14NO7S+. The molecule has 0 aliphatic carbocycles. The highest BCUT2D eigenvalue weighted by Gasteiger charge is 2.55. The summed E-state index contributed by atoms with van der Waals surface area (Å²) in [6.45, 7) is 1.62. The van der Waals surface area contributed by atoms with Crippen LogP contribution in [0.2, 0.25) is 0 Å². The third kappa shape index (κ3) is 3.12. The highest BCUT2D eigenvalue weighted by atomic mass is 32.2. The monoisotopic (exact) mass is 280 g/mol. The predicted octanol–water partition coefficient (Wildman–Crippen LogP) is -0.678. The molecule has 1 N–H and O–H groups in total. The van der Waals surface area contributed by atoms with Crippen LogP contribution < -0.4 is 0 Å². The van der Waals surface area contributed by atoms with Gasteiger partial charge in [0, 0.05) is 0 Å². The summed E-state index contributed by atoms with van der Waals surface area (Å²) in [7, 11) is -3.65. The Hall–Kier alpha value is -1.32. The zero-order chi connectivity index (χ0) is 14.0. The third-order valence-electron chi connectivity index (χ3n) is 2.32. The van der Waals surface area contributed by atoms with Crippen LogP contribution in [-0.2, 0) is 29.1 Å². The second-order valence-corrected chi connectivity index (χ2v) is 6.10. The van der Waals surface area contributed by atoms with Crippen LogP contribution in [0.25, 0.3) is 0 Å². The molecule has 0 unspecified atom stereocenters. The molecule has 0 aromatic heterocycles. The number of imide groups is 1. The van der Waals surface area contributed by atoms with Gasteiger partial charge < -0.3 is 0 Å². The Morgan fingerprint density at radius 2 is 1.83 bits per heavy atom. The fourth-order valence-corrected chi connectivity index (χ4v) is 2.67. The lowest BCUT2D eigenvalue weighted by Gasteiger charge is -2.15. The number of nitrogens with zero attached hydrogens (tertiary/aromatic N) is 1. The largest absolute Gasteiger partial charge is 0.397 e. The summed E-state index contributed by atoms with van der Waals surface area (Å²) >= 11 is 0. The molecule has 1 aliphatic heterocycles. The van der Waals surface area contributed by atoms with Gasteiger partial charge in [-0.25, -0.2) is 27.6 Å². The normalized spacial score (nSPS) is 19.0. The number of hydrogen-bond acceptors (Lipinski definition) is 7. The molecule has 0 aromatic rings. The molecule has 0 bridgehead atoms. The molecule has 1 fully saturated rings. The number of amides is 2. The number of carbonyl (C=O) groups excluding carboxylic acids is 3. The van der Waals surface area contributed by atoms with Crippen LogP contribution in [0.1, 0.15) is 26.2 Å². The summed E-state index contributed by atoms with van der Waals surface area (Å²) in [5.74, 6) is -4.48. The lowest BCUT2D eigenvalue weighted by atomic mass is 10.4. The van der Waals surface area contributed by atoms with E-state index in [1.165, 1.54) is 0 Å². The first kappa shape index (κ1) is 14.7. The molecule has 102 valence electrons. The van der Waals surface area contributed by atoms with Gasteiger partial charge in [-0.3, -0.25) is 0 Å². The van der Waals surface area contributed by atoms with Crippen molar-refractivity contribution >= 4 is 27.6 Å². The highest BCUT2D eigenvalue weighted by molar-refractivity contribution is 7.92. The first-order valence-corrected chi connectivity index (χ1v) is 7.15. The van der Waals surface area contributed by atoms with Gasteiger partial charge >= 0.3 is 17.8 Å². The van der Waals surface area contributed by atoms with Gasteiger partial charge in [-0.2, -0.15) is 5.21 Å². The molecule has 8 nitrogen and oxygen atoms in total. The van der Waals surface area contributed by atoms with Crippen molar-refractivity contribution in [2.24, 2.45) is 0 Å². The molecule has 0 saturated carbocycles. The van der Waals surface area contributed by atoms with Gasteiger partial charge in [0.15, 0.2) is 15.6 Å². The van der Waals surface area contributed by atoms with Gasteiger partial charge in [0.1, 0.15) is 4.81 Å². The zero-order valence-electron chi connectivity index (χ0n) is 9.79. The molecule has 1 rings (SSSR count). The van der Waals surface area contributed by atoms with Crippen molar-refractivity contribution in [1.29, 1.82) is 0 Å². The Bertz CT molecular complexity index is 465. The number of rotatable bonds is 5. The SMILES string of the molecule is CCCS(=O)(=O)CC(=O)O[N+]1(O)C(=O)CCC1=O. The number of hydrogen-bond donors (Lipinski definition) is 1. The lowest BCUT2D eigenvalue weighted by Crippen LogP contribution is -2.51. The van der Waals surface area contributed by atoms with Gasteiger partial charge in [-0.05, 0) is 6.42 Å². The summed E-state index contributed by atoms with van der Waals surface area (Å²) in [6.07, 6.45) is -0.165. The number of sulfone groups is 1. The van der Waals surface area contributed by atoms with Gasteiger partial charge in [-0.1, -0.05) is 6.92 Å². The van der Waals surface area contributed by atoms with E-state index in [1.54, 1.807) is 6.92 Å². The van der Waals surface area contributed by atoms with E-state index in [0.717, 1.165) is 0 Å². The zero-order valence-corrected chi connectivity index (χ0v) is 10.6. The molecule has 9 heteroatoms. The first-order valence-electron chi connectivity index (χ1n) is 5.32. The Morgan fingerprint density at radius 3 is 2.28 bits per heavy atom. The molecule has 18 heavy (non-hydrogen) atoms. The smallest absolute Gasteiger partial charge is 0.244 e. The number of quaternary nitrogens is 1. The second-order valence-electron chi connectivity index (χ2n) is 3.92. The molecule has 0 atom stereocenters. The van der Waals surface area contributed by atoms with E-state index < -0.39 is 38.2 Å². The van der Waals surface area contributed by atoms with Crippen LogP contribution in [0.5, 0.6) is 0 Å². The fraction of sp³-hybridized carbons (Fsp3) is 0.667. The molecule has 0 aromatic carbocycles. The Labute approximate surface area is 104 Å². The van der Waals surface area contributed by atoms with Crippen LogP contribution in [-0.4, -0.2) is 47.7 Å². The lowest BCUT2D eigenvalue weighted by molar-refractivity contribution is -1.12. The van der Waals surface area contributed by atoms with Crippen LogP contribution in [0.3, 0.4) is 0 Å².